The molecule has 1 amide bonds. The van der Waals surface area contributed by atoms with Gasteiger partial charge in [-0.15, -0.1) is 5.54 Å². The van der Waals surface area contributed by atoms with E-state index in [1.54, 1.807) is 22.7 Å². The standard InChI is InChI=1S/C22H25NOSSi/c1-26(2,3)18-10-16-23(19-20-11-6-4-7-12-20)22(24)15-17-25-21-13-8-5-9-14-21/h4-9,11-15,17H,16,19H2,1-3H3/b17-15+. The molecule has 2 nitrogen and oxygen atoms in total. The van der Waals surface area contributed by atoms with E-state index in [-0.39, 0.29) is 5.91 Å². The van der Waals surface area contributed by atoms with Crippen LogP contribution in [-0.2, 0) is 11.3 Å². The summed E-state index contributed by atoms with van der Waals surface area (Å²) in [6, 6.07) is 20.1. The maximum Gasteiger partial charge on any atom is 0.248 e. The summed E-state index contributed by atoms with van der Waals surface area (Å²) in [6.45, 7) is 7.65. The van der Waals surface area contributed by atoms with Crippen molar-refractivity contribution in [1.29, 1.82) is 0 Å². The Bertz CT molecular complexity index is 786. The molecule has 0 spiro atoms. The highest BCUT2D eigenvalue weighted by molar-refractivity contribution is 8.02. The Morgan fingerprint density at radius 3 is 2.27 bits per heavy atom. The molecule has 4 heteroatoms. The molecule has 26 heavy (non-hydrogen) atoms. The summed E-state index contributed by atoms with van der Waals surface area (Å²) in [5.74, 6) is 3.20. The second-order valence-corrected chi connectivity index (χ2v) is 12.7. The van der Waals surface area contributed by atoms with Crippen LogP contribution in [0.5, 0.6) is 0 Å². The van der Waals surface area contributed by atoms with Gasteiger partial charge in [-0.2, -0.15) is 0 Å². The third-order valence-electron chi connectivity index (χ3n) is 3.42. The molecule has 134 valence electrons. The van der Waals surface area contributed by atoms with Crippen molar-refractivity contribution >= 4 is 25.7 Å². The number of hydrogen-bond donors (Lipinski definition) is 0. The minimum Gasteiger partial charge on any atom is -0.324 e. The number of benzene rings is 2. The van der Waals surface area contributed by atoms with Gasteiger partial charge in [-0.05, 0) is 23.1 Å². The highest BCUT2D eigenvalue weighted by Gasteiger charge is 2.11. The van der Waals surface area contributed by atoms with E-state index < -0.39 is 8.07 Å². The van der Waals surface area contributed by atoms with E-state index in [0.717, 1.165) is 10.5 Å². The van der Waals surface area contributed by atoms with Gasteiger partial charge in [0.15, 0.2) is 0 Å². The first-order valence-corrected chi connectivity index (χ1v) is 13.0. The predicted molar refractivity (Wildman–Crippen MR) is 114 cm³/mol. The highest BCUT2D eigenvalue weighted by atomic mass is 32.2. The number of carbonyl (C=O) groups excluding carboxylic acids is 1. The van der Waals surface area contributed by atoms with Gasteiger partial charge < -0.3 is 4.90 Å². The topological polar surface area (TPSA) is 20.3 Å². The molecular formula is C22H25NOSSi. The molecule has 0 aliphatic carbocycles. The molecule has 0 heterocycles. The molecular weight excluding hydrogens is 354 g/mol. The maximum atomic E-state index is 12.7. The largest absolute Gasteiger partial charge is 0.324 e. The molecule has 2 aromatic carbocycles. The van der Waals surface area contributed by atoms with Gasteiger partial charge in [-0.1, -0.05) is 85.9 Å². The molecule has 2 rings (SSSR count). The smallest absolute Gasteiger partial charge is 0.248 e. The van der Waals surface area contributed by atoms with Crippen LogP contribution in [-0.4, -0.2) is 25.4 Å². The van der Waals surface area contributed by atoms with Crippen LogP contribution in [0.3, 0.4) is 0 Å². The maximum absolute atomic E-state index is 12.7. The molecule has 0 fully saturated rings. The molecule has 0 aromatic heterocycles. The first-order chi connectivity index (χ1) is 12.4. The molecule has 0 unspecified atom stereocenters. The van der Waals surface area contributed by atoms with Crippen molar-refractivity contribution in [2.24, 2.45) is 0 Å². The predicted octanol–water partition coefficient (Wildman–Crippen LogP) is 5.20. The molecule has 0 bridgehead atoms. The lowest BCUT2D eigenvalue weighted by Gasteiger charge is -2.19. The lowest BCUT2D eigenvalue weighted by atomic mass is 10.2. The number of thioether (sulfide) groups is 1. The first kappa shape index (κ1) is 20.1. The quantitative estimate of drug-likeness (QED) is 0.297. The molecule has 0 atom stereocenters. The number of carbonyl (C=O) groups is 1. The van der Waals surface area contributed by atoms with Gasteiger partial charge in [0.05, 0.1) is 6.54 Å². The Labute approximate surface area is 162 Å². The van der Waals surface area contributed by atoms with E-state index in [0.29, 0.717) is 13.1 Å². The Balaban J connectivity index is 2.05. The van der Waals surface area contributed by atoms with Crippen LogP contribution in [0.4, 0.5) is 0 Å². The van der Waals surface area contributed by atoms with Crippen molar-refractivity contribution in [2.75, 3.05) is 6.54 Å². The fourth-order valence-electron chi connectivity index (χ4n) is 2.19. The zero-order chi connectivity index (χ0) is 18.8. The van der Waals surface area contributed by atoms with Crippen LogP contribution < -0.4 is 0 Å². The van der Waals surface area contributed by atoms with Crippen LogP contribution in [0, 0.1) is 11.5 Å². The summed E-state index contributed by atoms with van der Waals surface area (Å²) in [5, 5.41) is 1.85. The Kier molecular flexibility index (Phi) is 7.77. The molecule has 0 saturated carbocycles. The summed E-state index contributed by atoms with van der Waals surface area (Å²) in [6.07, 6.45) is 1.64. The van der Waals surface area contributed by atoms with E-state index in [1.165, 1.54) is 0 Å². The minimum absolute atomic E-state index is 0.0119. The molecule has 0 aliphatic heterocycles. The van der Waals surface area contributed by atoms with Crippen LogP contribution in [0.15, 0.2) is 77.0 Å². The van der Waals surface area contributed by atoms with Gasteiger partial charge in [0, 0.05) is 17.5 Å². The molecule has 0 N–H and O–H groups in total. The average molecular weight is 380 g/mol. The lowest BCUT2D eigenvalue weighted by molar-refractivity contribution is -0.126. The van der Waals surface area contributed by atoms with Crippen molar-refractivity contribution < 1.29 is 4.79 Å². The third kappa shape index (κ3) is 7.77. The van der Waals surface area contributed by atoms with Gasteiger partial charge >= 0.3 is 0 Å². The van der Waals surface area contributed by atoms with E-state index in [2.05, 4.69) is 31.1 Å². The fourth-order valence-corrected chi connectivity index (χ4v) is 3.46. The monoisotopic (exact) mass is 379 g/mol. The van der Waals surface area contributed by atoms with E-state index in [9.17, 15) is 4.79 Å². The van der Waals surface area contributed by atoms with Gasteiger partial charge in [-0.3, -0.25) is 4.79 Å². The fraction of sp³-hybridized carbons (Fsp3) is 0.227. The summed E-state index contributed by atoms with van der Waals surface area (Å²) >= 11 is 1.54. The first-order valence-electron chi connectivity index (χ1n) is 8.65. The van der Waals surface area contributed by atoms with Gasteiger partial charge in [0.2, 0.25) is 5.91 Å². The second kappa shape index (κ2) is 10.1. The van der Waals surface area contributed by atoms with Crippen LogP contribution in [0.25, 0.3) is 0 Å². The lowest BCUT2D eigenvalue weighted by Crippen LogP contribution is -2.30. The average Bonchev–Trinajstić information content (AvgIpc) is 2.61. The number of rotatable bonds is 6. The zero-order valence-corrected chi connectivity index (χ0v) is 17.4. The molecule has 0 saturated heterocycles. The summed E-state index contributed by atoms with van der Waals surface area (Å²) in [4.78, 5) is 15.6. The molecule has 0 aliphatic rings. The Hall–Kier alpha value is -2.22. The van der Waals surface area contributed by atoms with Crippen molar-refractivity contribution in [2.45, 2.75) is 31.1 Å². The van der Waals surface area contributed by atoms with Crippen LogP contribution in [0.1, 0.15) is 5.56 Å². The van der Waals surface area contributed by atoms with E-state index in [1.807, 2.05) is 66.1 Å². The van der Waals surface area contributed by atoms with Crippen molar-refractivity contribution in [3.8, 4) is 11.5 Å². The van der Waals surface area contributed by atoms with Gasteiger partial charge in [0.1, 0.15) is 8.07 Å². The highest BCUT2D eigenvalue weighted by Crippen LogP contribution is 2.18. The molecule has 2 aromatic rings. The normalized spacial score (nSPS) is 11.0. The van der Waals surface area contributed by atoms with E-state index in [4.69, 9.17) is 0 Å². The van der Waals surface area contributed by atoms with Crippen LogP contribution >= 0.6 is 11.8 Å². The number of hydrogen-bond acceptors (Lipinski definition) is 2. The van der Waals surface area contributed by atoms with Crippen molar-refractivity contribution in [3.63, 3.8) is 0 Å². The SMILES string of the molecule is C[Si](C)(C)C#CCN(Cc1ccccc1)C(=O)/C=C/Sc1ccccc1. The van der Waals surface area contributed by atoms with Gasteiger partial charge in [-0.25, -0.2) is 0 Å². The Morgan fingerprint density at radius 1 is 1.04 bits per heavy atom. The van der Waals surface area contributed by atoms with Gasteiger partial charge in [0.25, 0.3) is 0 Å². The number of amides is 1. The van der Waals surface area contributed by atoms with E-state index >= 15 is 0 Å². The summed E-state index contributed by atoms with van der Waals surface area (Å²) < 4.78 is 0. The van der Waals surface area contributed by atoms with Crippen molar-refractivity contribution in [1.82, 2.24) is 4.90 Å². The third-order valence-corrected chi connectivity index (χ3v) is 5.16. The molecule has 0 radical (unpaired) electrons. The number of nitrogens with zero attached hydrogens (tertiary/aromatic N) is 1. The van der Waals surface area contributed by atoms with Crippen molar-refractivity contribution in [3.05, 3.63) is 77.7 Å². The summed E-state index contributed by atoms with van der Waals surface area (Å²) in [7, 11) is -1.44. The second-order valence-electron chi connectivity index (χ2n) is 6.97. The zero-order valence-electron chi connectivity index (χ0n) is 15.6. The summed E-state index contributed by atoms with van der Waals surface area (Å²) in [5.41, 5.74) is 4.45. The Morgan fingerprint density at radius 2 is 1.65 bits per heavy atom. The van der Waals surface area contributed by atoms with Crippen LogP contribution in [0.2, 0.25) is 19.6 Å². The minimum atomic E-state index is -1.44.